The van der Waals surface area contributed by atoms with Crippen LogP contribution in [-0.2, 0) is 11.2 Å². The minimum Gasteiger partial charge on any atom is -0.373 e. The molecule has 92 valence electrons. The molecule has 0 saturated carbocycles. The second kappa shape index (κ2) is 5.21. The molecular weight excluding hydrogens is 212 g/mol. The van der Waals surface area contributed by atoms with Crippen molar-refractivity contribution >= 4 is 11.6 Å². The molecule has 0 spiro atoms. The molecule has 1 atom stereocenters. The molecular formula is C14H20N2O. The SMILES string of the molecule is CC(C)NC(=O)C1CCCc2ccccc2N1. The van der Waals surface area contributed by atoms with Gasteiger partial charge in [-0.1, -0.05) is 18.2 Å². The van der Waals surface area contributed by atoms with Crippen molar-refractivity contribution < 1.29 is 4.79 Å². The number of rotatable bonds is 2. The number of hydrogen-bond acceptors (Lipinski definition) is 2. The van der Waals surface area contributed by atoms with Gasteiger partial charge in [0.25, 0.3) is 0 Å². The third kappa shape index (κ3) is 2.99. The van der Waals surface area contributed by atoms with Gasteiger partial charge < -0.3 is 10.6 Å². The standard InChI is InChI=1S/C14H20N2O/c1-10(2)15-14(17)13-9-5-7-11-6-3-4-8-12(11)16-13/h3-4,6,8,10,13,16H,5,7,9H2,1-2H3,(H,15,17). The summed E-state index contributed by atoms with van der Waals surface area (Å²) in [7, 11) is 0. The molecule has 0 aromatic heterocycles. The number of carbonyl (C=O) groups is 1. The van der Waals surface area contributed by atoms with E-state index in [4.69, 9.17) is 0 Å². The molecule has 1 unspecified atom stereocenters. The molecule has 1 aromatic carbocycles. The van der Waals surface area contributed by atoms with Crippen LogP contribution in [-0.4, -0.2) is 18.0 Å². The first kappa shape index (κ1) is 12.0. The first-order valence-corrected chi connectivity index (χ1v) is 6.31. The van der Waals surface area contributed by atoms with Crippen molar-refractivity contribution in [3.8, 4) is 0 Å². The van der Waals surface area contributed by atoms with Crippen molar-refractivity contribution in [2.45, 2.75) is 45.2 Å². The predicted octanol–water partition coefficient (Wildman–Crippen LogP) is 2.33. The van der Waals surface area contributed by atoms with Crippen molar-refractivity contribution in [1.29, 1.82) is 0 Å². The highest BCUT2D eigenvalue weighted by atomic mass is 16.2. The fraction of sp³-hybridized carbons (Fsp3) is 0.500. The average Bonchev–Trinajstić information content (AvgIpc) is 2.49. The Labute approximate surface area is 103 Å². The van der Waals surface area contributed by atoms with E-state index in [0.29, 0.717) is 0 Å². The zero-order valence-corrected chi connectivity index (χ0v) is 10.5. The summed E-state index contributed by atoms with van der Waals surface area (Å²) in [6.45, 7) is 3.98. The zero-order chi connectivity index (χ0) is 12.3. The summed E-state index contributed by atoms with van der Waals surface area (Å²) in [5.41, 5.74) is 2.42. The Morgan fingerprint density at radius 3 is 2.94 bits per heavy atom. The number of fused-ring (bicyclic) bond motifs is 1. The first-order chi connectivity index (χ1) is 8.16. The van der Waals surface area contributed by atoms with Crippen molar-refractivity contribution in [1.82, 2.24) is 5.32 Å². The van der Waals surface area contributed by atoms with Crippen LogP contribution >= 0.6 is 0 Å². The van der Waals surface area contributed by atoms with E-state index in [1.807, 2.05) is 19.9 Å². The molecule has 17 heavy (non-hydrogen) atoms. The van der Waals surface area contributed by atoms with Gasteiger partial charge in [0.1, 0.15) is 6.04 Å². The van der Waals surface area contributed by atoms with E-state index >= 15 is 0 Å². The molecule has 0 fully saturated rings. The molecule has 1 aromatic rings. The Morgan fingerprint density at radius 1 is 1.41 bits per heavy atom. The van der Waals surface area contributed by atoms with E-state index in [0.717, 1.165) is 24.9 Å². The molecule has 3 heteroatoms. The lowest BCUT2D eigenvalue weighted by molar-refractivity contribution is -0.122. The average molecular weight is 232 g/mol. The van der Waals surface area contributed by atoms with Crippen molar-refractivity contribution in [3.05, 3.63) is 29.8 Å². The van der Waals surface area contributed by atoms with E-state index in [2.05, 4.69) is 28.8 Å². The van der Waals surface area contributed by atoms with Crippen LogP contribution in [0.1, 0.15) is 32.3 Å². The van der Waals surface area contributed by atoms with E-state index in [1.54, 1.807) is 0 Å². The van der Waals surface area contributed by atoms with E-state index in [1.165, 1.54) is 5.56 Å². The third-order valence-electron chi connectivity index (χ3n) is 3.03. The summed E-state index contributed by atoms with van der Waals surface area (Å²) in [6, 6.07) is 8.34. The number of aryl methyl sites for hydroxylation is 1. The van der Waals surface area contributed by atoms with Gasteiger partial charge in [0, 0.05) is 11.7 Å². The predicted molar refractivity (Wildman–Crippen MR) is 70.1 cm³/mol. The highest BCUT2D eigenvalue weighted by Gasteiger charge is 2.22. The molecule has 3 nitrogen and oxygen atoms in total. The minimum absolute atomic E-state index is 0.0963. The second-order valence-corrected chi connectivity index (χ2v) is 4.91. The van der Waals surface area contributed by atoms with Gasteiger partial charge in [-0.05, 0) is 44.7 Å². The number of anilines is 1. The van der Waals surface area contributed by atoms with Gasteiger partial charge in [0.15, 0.2) is 0 Å². The number of amides is 1. The highest BCUT2D eigenvalue weighted by molar-refractivity contribution is 5.85. The normalized spacial score (nSPS) is 19.1. The summed E-state index contributed by atoms with van der Waals surface area (Å²) in [4.78, 5) is 12.0. The molecule has 0 bridgehead atoms. The smallest absolute Gasteiger partial charge is 0.242 e. The Kier molecular flexibility index (Phi) is 3.67. The van der Waals surface area contributed by atoms with Crippen LogP contribution in [0, 0.1) is 0 Å². The van der Waals surface area contributed by atoms with Gasteiger partial charge in [-0.2, -0.15) is 0 Å². The highest BCUT2D eigenvalue weighted by Crippen LogP contribution is 2.23. The molecule has 1 heterocycles. The topological polar surface area (TPSA) is 41.1 Å². The number of hydrogen-bond donors (Lipinski definition) is 2. The van der Waals surface area contributed by atoms with Crippen LogP contribution in [0.4, 0.5) is 5.69 Å². The fourth-order valence-electron chi connectivity index (χ4n) is 2.22. The van der Waals surface area contributed by atoms with Gasteiger partial charge in [0.05, 0.1) is 0 Å². The summed E-state index contributed by atoms with van der Waals surface area (Å²) >= 11 is 0. The van der Waals surface area contributed by atoms with Gasteiger partial charge in [0.2, 0.25) is 5.91 Å². The van der Waals surface area contributed by atoms with Crippen molar-refractivity contribution in [3.63, 3.8) is 0 Å². The summed E-state index contributed by atoms with van der Waals surface area (Å²) in [5, 5.41) is 6.32. The maximum Gasteiger partial charge on any atom is 0.242 e. The minimum atomic E-state index is -0.0963. The van der Waals surface area contributed by atoms with Crippen LogP contribution < -0.4 is 10.6 Å². The van der Waals surface area contributed by atoms with Gasteiger partial charge in [-0.25, -0.2) is 0 Å². The molecule has 1 aliphatic heterocycles. The van der Waals surface area contributed by atoms with E-state index in [9.17, 15) is 4.79 Å². The molecule has 1 aliphatic rings. The molecule has 0 aliphatic carbocycles. The van der Waals surface area contributed by atoms with Crippen LogP contribution in [0.3, 0.4) is 0 Å². The lowest BCUT2D eigenvalue weighted by Crippen LogP contribution is -2.42. The van der Waals surface area contributed by atoms with E-state index in [-0.39, 0.29) is 18.0 Å². The summed E-state index contributed by atoms with van der Waals surface area (Å²) in [6.07, 6.45) is 3.00. The molecule has 1 amide bonds. The van der Waals surface area contributed by atoms with E-state index < -0.39 is 0 Å². The quantitative estimate of drug-likeness (QED) is 0.821. The number of nitrogens with one attached hydrogen (secondary N) is 2. The molecule has 0 radical (unpaired) electrons. The Morgan fingerprint density at radius 2 is 2.18 bits per heavy atom. The van der Waals surface area contributed by atoms with Gasteiger partial charge >= 0.3 is 0 Å². The summed E-state index contributed by atoms with van der Waals surface area (Å²) < 4.78 is 0. The van der Waals surface area contributed by atoms with Crippen LogP contribution in [0.5, 0.6) is 0 Å². The van der Waals surface area contributed by atoms with Crippen molar-refractivity contribution in [2.75, 3.05) is 5.32 Å². The van der Waals surface area contributed by atoms with Crippen LogP contribution in [0.15, 0.2) is 24.3 Å². The monoisotopic (exact) mass is 232 g/mol. The lowest BCUT2D eigenvalue weighted by atomic mass is 10.1. The van der Waals surface area contributed by atoms with Crippen LogP contribution in [0.25, 0.3) is 0 Å². The third-order valence-corrected chi connectivity index (χ3v) is 3.03. The Hall–Kier alpha value is -1.51. The maximum absolute atomic E-state index is 12.0. The molecule has 2 N–H and O–H groups in total. The second-order valence-electron chi connectivity index (χ2n) is 4.91. The molecule has 0 saturated heterocycles. The van der Waals surface area contributed by atoms with Gasteiger partial charge in [-0.3, -0.25) is 4.79 Å². The largest absolute Gasteiger partial charge is 0.373 e. The molecule has 2 rings (SSSR count). The van der Waals surface area contributed by atoms with Crippen molar-refractivity contribution in [2.24, 2.45) is 0 Å². The Balaban J connectivity index is 2.10. The van der Waals surface area contributed by atoms with Crippen LogP contribution in [0.2, 0.25) is 0 Å². The fourth-order valence-corrected chi connectivity index (χ4v) is 2.22. The number of carbonyl (C=O) groups excluding carboxylic acids is 1. The summed E-state index contributed by atoms with van der Waals surface area (Å²) in [5.74, 6) is 0.108. The lowest BCUT2D eigenvalue weighted by Gasteiger charge is -2.19. The maximum atomic E-state index is 12.0. The number of benzene rings is 1. The Bertz CT molecular complexity index is 401. The number of para-hydroxylation sites is 1. The first-order valence-electron chi connectivity index (χ1n) is 6.31. The van der Waals surface area contributed by atoms with Gasteiger partial charge in [-0.15, -0.1) is 0 Å². The zero-order valence-electron chi connectivity index (χ0n) is 10.5.